The normalized spacial score (nSPS) is 11.6. The van der Waals surface area contributed by atoms with E-state index >= 15 is 0 Å². The summed E-state index contributed by atoms with van der Waals surface area (Å²) in [6.07, 6.45) is 39.4. The zero-order valence-electron chi connectivity index (χ0n) is 20.1. The molecule has 0 fully saturated rings. The summed E-state index contributed by atoms with van der Waals surface area (Å²) in [5.74, 6) is 0. The average molecular weight is 393 g/mol. The highest BCUT2D eigenvalue weighted by Gasteiger charge is 1.94. The number of hydrogen-bond donors (Lipinski definition) is 0. The first-order valence-electron chi connectivity index (χ1n) is 13.6. The van der Waals surface area contributed by atoms with Crippen LogP contribution in [0.1, 0.15) is 168 Å². The number of rotatable bonds is 24. The molecule has 0 amide bonds. The topological polar surface area (TPSA) is 0 Å². The molecule has 0 bridgehead atoms. The molecule has 28 heavy (non-hydrogen) atoms. The van der Waals surface area contributed by atoms with E-state index in [1.165, 1.54) is 154 Å². The quantitative estimate of drug-likeness (QED) is 0.113. The van der Waals surface area contributed by atoms with Crippen LogP contribution in [0.5, 0.6) is 0 Å². The summed E-state index contributed by atoms with van der Waals surface area (Å²) in [5, 5.41) is 0. The molecule has 0 aliphatic carbocycles. The summed E-state index contributed by atoms with van der Waals surface area (Å²) in [5.41, 5.74) is 0. The summed E-state index contributed by atoms with van der Waals surface area (Å²) in [6.45, 7) is 4.60. The highest BCUT2D eigenvalue weighted by molar-refractivity contribution is 4.81. The molecular weight excluding hydrogens is 336 g/mol. The maximum absolute atomic E-state index is 2.44. The van der Waals surface area contributed by atoms with Gasteiger partial charge in [0.25, 0.3) is 0 Å². The maximum Gasteiger partial charge on any atom is -0.0351 e. The molecule has 0 unspecified atom stereocenters. The lowest BCUT2D eigenvalue weighted by Crippen LogP contribution is -1.83. The molecule has 0 aliphatic heterocycles. The SMILES string of the molecule is CCCCCCCCCC=CCCCCCCCCCCCCCCCCC. The van der Waals surface area contributed by atoms with Crippen molar-refractivity contribution in [2.24, 2.45) is 0 Å². The molecular formula is C28H56. The van der Waals surface area contributed by atoms with Crippen LogP contribution >= 0.6 is 0 Å². The fourth-order valence-corrected chi connectivity index (χ4v) is 4.09. The third kappa shape index (κ3) is 25.7. The smallest absolute Gasteiger partial charge is 0.0351 e. The van der Waals surface area contributed by atoms with Gasteiger partial charge < -0.3 is 0 Å². The predicted molar refractivity (Wildman–Crippen MR) is 131 cm³/mol. The van der Waals surface area contributed by atoms with Gasteiger partial charge in [0.15, 0.2) is 0 Å². The minimum absolute atomic E-state index is 1.31. The Kier molecular flexibility index (Phi) is 26.5. The second-order valence-electron chi connectivity index (χ2n) is 9.12. The Balaban J connectivity index is 3.04. The third-order valence-electron chi connectivity index (χ3n) is 6.12. The van der Waals surface area contributed by atoms with Crippen LogP contribution in [0.25, 0.3) is 0 Å². The first kappa shape index (κ1) is 27.7. The lowest BCUT2D eigenvalue weighted by atomic mass is 10.0. The van der Waals surface area contributed by atoms with Crippen molar-refractivity contribution in [1.29, 1.82) is 0 Å². The van der Waals surface area contributed by atoms with Crippen molar-refractivity contribution < 1.29 is 0 Å². The van der Waals surface area contributed by atoms with E-state index in [1.807, 2.05) is 0 Å². The predicted octanol–water partition coefficient (Wildman–Crippen LogP) is 10.9. The van der Waals surface area contributed by atoms with Crippen LogP contribution in [0, 0.1) is 0 Å². The zero-order valence-corrected chi connectivity index (χ0v) is 20.1. The van der Waals surface area contributed by atoms with Crippen LogP contribution in [0.2, 0.25) is 0 Å². The molecule has 0 heterocycles. The number of unbranched alkanes of at least 4 members (excludes halogenated alkanes) is 22. The van der Waals surface area contributed by atoms with Crippen molar-refractivity contribution in [3.63, 3.8) is 0 Å². The van der Waals surface area contributed by atoms with Crippen LogP contribution in [-0.4, -0.2) is 0 Å². The summed E-state index contributed by atoms with van der Waals surface area (Å²) in [6, 6.07) is 0. The average Bonchev–Trinajstić information content (AvgIpc) is 2.71. The van der Waals surface area contributed by atoms with E-state index in [-0.39, 0.29) is 0 Å². The molecule has 0 heteroatoms. The summed E-state index contributed by atoms with van der Waals surface area (Å²) >= 11 is 0. The molecule has 0 aromatic heterocycles. The Bertz CT molecular complexity index is 278. The molecule has 0 nitrogen and oxygen atoms in total. The Hall–Kier alpha value is -0.260. The van der Waals surface area contributed by atoms with Crippen LogP contribution in [0.3, 0.4) is 0 Å². The second-order valence-corrected chi connectivity index (χ2v) is 9.12. The van der Waals surface area contributed by atoms with Crippen molar-refractivity contribution >= 4 is 0 Å². The fourth-order valence-electron chi connectivity index (χ4n) is 4.09. The summed E-state index contributed by atoms with van der Waals surface area (Å²) < 4.78 is 0. The van der Waals surface area contributed by atoms with E-state index in [4.69, 9.17) is 0 Å². The van der Waals surface area contributed by atoms with Crippen molar-refractivity contribution in [2.45, 2.75) is 168 Å². The van der Waals surface area contributed by atoms with Crippen LogP contribution in [0.15, 0.2) is 12.2 Å². The van der Waals surface area contributed by atoms with Gasteiger partial charge in [-0.05, 0) is 25.7 Å². The van der Waals surface area contributed by atoms with E-state index in [1.54, 1.807) is 0 Å². The van der Waals surface area contributed by atoms with Gasteiger partial charge in [-0.2, -0.15) is 0 Å². The zero-order chi connectivity index (χ0) is 20.4. The molecule has 168 valence electrons. The van der Waals surface area contributed by atoms with E-state index in [9.17, 15) is 0 Å². The minimum atomic E-state index is 1.31. The van der Waals surface area contributed by atoms with Gasteiger partial charge in [0.1, 0.15) is 0 Å². The monoisotopic (exact) mass is 392 g/mol. The molecule has 0 aromatic rings. The first-order chi connectivity index (χ1) is 13.9. The molecule has 0 radical (unpaired) electrons. The number of hydrogen-bond acceptors (Lipinski definition) is 0. The lowest BCUT2D eigenvalue weighted by molar-refractivity contribution is 0.533. The van der Waals surface area contributed by atoms with E-state index in [2.05, 4.69) is 26.0 Å². The molecule has 0 spiro atoms. The Morgan fingerprint density at radius 1 is 0.286 bits per heavy atom. The molecule has 0 N–H and O–H groups in total. The highest BCUT2D eigenvalue weighted by atomic mass is 14.0. The maximum atomic E-state index is 2.44. The largest absolute Gasteiger partial charge is 0.0885 e. The Morgan fingerprint density at radius 3 is 0.750 bits per heavy atom. The van der Waals surface area contributed by atoms with Gasteiger partial charge >= 0.3 is 0 Å². The lowest BCUT2D eigenvalue weighted by Gasteiger charge is -2.03. The fraction of sp³-hybridized carbons (Fsp3) is 0.929. The van der Waals surface area contributed by atoms with Gasteiger partial charge in [-0.15, -0.1) is 0 Å². The standard InChI is InChI=1S/C28H56/c1-3-5-7-9-11-13-15-17-19-21-23-25-27-28-26-24-22-20-18-16-14-12-10-8-6-4-2/h19,21H,3-18,20,22-28H2,1-2H3. The van der Waals surface area contributed by atoms with Gasteiger partial charge in [0.2, 0.25) is 0 Å². The van der Waals surface area contributed by atoms with E-state index in [0.29, 0.717) is 0 Å². The highest BCUT2D eigenvalue weighted by Crippen LogP contribution is 2.14. The van der Waals surface area contributed by atoms with E-state index < -0.39 is 0 Å². The molecule has 0 aliphatic rings. The minimum Gasteiger partial charge on any atom is -0.0885 e. The second kappa shape index (κ2) is 26.7. The van der Waals surface area contributed by atoms with Crippen LogP contribution in [0.4, 0.5) is 0 Å². The van der Waals surface area contributed by atoms with Crippen molar-refractivity contribution in [1.82, 2.24) is 0 Å². The van der Waals surface area contributed by atoms with Gasteiger partial charge in [0, 0.05) is 0 Å². The van der Waals surface area contributed by atoms with Gasteiger partial charge in [-0.1, -0.05) is 154 Å². The van der Waals surface area contributed by atoms with Crippen molar-refractivity contribution in [3.8, 4) is 0 Å². The first-order valence-corrected chi connectivity index (χ1v) is 13.6. The van der Waals surface area contributed by atoms with Crippen molar-refractivity contribution in [3.05, 3.63) is 12.2 Å². The van der Waals surface area contributed by atoms with Crippen LogP contribution < -0.4 is 0 Å². The number of allylic oxidation sites excluding steroid dienone is 2. The molecule has 0 saturated heterocycles. The van der Waals surface area contributed by atoms with E-state index in [0.717, 1.165) is 0 Å². The van der Waals surface area contributed by atoms with Gasteiger partial charge in [-0.3, -0.25) is 0 Å². The molecule has 0 rings (SSSR count). The Morgan fingerprint density at radius 2 is 0.500 bits per heavy atom. The third-order valence-corrected chi connectivity index (χ3v) is 6.12. The van der Waals surface area contributed by atoms with Crippen molar-refractivity contribution in [2.75, 3.05) is 0 Å². The molecule has 0 aromatic carbocycles. The Labute approximate surface area is 180 Å². The van der Waals surface area contributed by atoms with Gasteiger partial charge in [0.05, 0.1) is 0 Å². The molecule has 0 saturated carbocycles. The summed E-state index contributed by atoms with van der Waals surface area (Å²) in [7, 11) is 0. The van der Waals surface area contributed by atoms with Crippen LogP contribution in [-0.2, 0) is 0 Å². The van der Waals surface area contributed by atoms with Gasteiger partial charge in [-0.25, -0.2) is 0 Å². The summed E-state index contributed by atoms with van der Waals surface area (Å²) in [4.78, 5) is 0. The molecule has 0 atom stereocenters.